The Bertz CT molecular complexity index is 889. The molecule has 0 heterocycles. The fourth-order valence-electron chi connectivity index (χ4n) is 10.7. The Labute approximate surface area is 201 Å². The summed E-state index contributed by atoms with van der Waals surface area (Å²) in [5.74, 6) is 2.15. The average molecular weight is 457 g/mol. The Morgan fingerprint density at radius 3 is 2.24 bits per heavy atom. The fourth-order valence-corrected chi connectivity index (χ4v) is 10.7. The number of aliphatic hydroxyl groups is 2. The molecule has 3 nitrogen and oxygen atoms in total. The third-order valence-electron chi connectivity index (χ3n) is 13.2. The quantitative estimate of drug-likeness (QED) is 0.428. The molecule has 0 aromatic heterocycles. The second-order valence-electron chi connectivity index (χ2n) is 14.7. The van der Waals surface area contributed by atoms with Crippen LogP contribution in [0.25, 0.3) is 0 Å². The zero-order valence-corrected chi connectivity index (χ0v) is 22.4. The maximum Gasteiger partial charge on any atom is 0.141 e. The zero-order chi connectivity index (χ0) is 24.4. The lowest BCUT2D eigenvalue weighted by molar-refractivity contribution is -0.236. The summed E-state index contributed by atoms with van der Waals surface area (Å²) in [6, 6.07) is 0. The third kappa shape index (κ3) is 2.73. The van der Waals surface area contributed by atoms with E-state index in [0.29, 0.717) is 23.2 Å². The number of Topliss-reactive ketones (excluding diaryl/α,β-unsaturated/α-hetero) is 1. The molecule has 0 bridgehead atoms. The molecular formula is C30H48O3. The van der Waals surface area contributed by atoms with Crippen LogP contribution in [0.5, 0.6) is 0 Å². The van der Waals surface area contributed by atoms with Gasteiger partial charge in [0.2, 0.25) is 0 Å². The Kier molecular flexibility index (Phi) is 5.07. The molecule has 0 aromatic carbocycles. The highest BCUT2D eigenvalue weighted by Gasteiger charge is 2.71. The smallest absolute Gasteiger partial charge is 0.141 e. The van der Waals surface area contributed by atoms with Crippen molar-refractivity contribution >= 4 is 5.78 Å². The minimum absolute atomic E-state index is 0.0273. The lowest BCUT2D eigenvalue weighted by Gasteiger charge is -2.72. The molecule has 0 saturated heterocycles. The molecule has 0 radical (unpaired) electrons. The molecule has 186 valence electrons. The maximum absolute atomic E-state index is 13.0. The van der Waals surface area contributed by atoms with Crippen LogP contribution in [0.4, 0.5) is 0 Å². The summed E-state index contributed by atoms with van der Waals surface area (Å²) in [6.45, 7) is 18.7. The predicted molar refractivity (Wildman–Crippen MR) is 132 cm³/mol. The van der Waals surface area contributed by atoms with Crippen molar-refractivity contribution in [2.24, 2.45) is 56.7 Å². The first-order chi connectivity index (χ1) is 15.1. The van der Waals surface area contributed by atoms with E-state index >= 15 is 0 Å². The van der Waals surface area contributed by atoms with Crippen LogP contribution in [-0.4, -0.2) is 28.2 Å². The van der Waals surface area contributed by atoms with Crippen LogP contribution in [-0.2, 0) is 4.79 Å². The molecule has 0 amide bonds. The van der Waals surface area contributed by atoms with Gasteiger partial charge in [0, 0.05) is 23.2 Å². The second-order valence-corrected chi connectivity index (χ2v) is 14.7. The van der Waals surface area contributed by atoms with Crippen molar-refractivity contribution in [1.82, 2.24) is 0 Å². The first kappa shape index (κ1) is 24.0. The number of carbonyl (C=O) groups excluding carboxylic acids is 1. The molecule has 5 aliphatic carbocycles. The highest BCUT2D eigenvalue weighted by molar-refractivity contribution is 5.86. The van der Waals surface area contributed by atoms with Crippen LogP contribution < -0.4 is 0 Å². The van der Waals surface area contributed by atoms with E-state index in [9.17, 15) is 15.0 Å². The van der Waals surface area contributed by atoms with Crippen molar-refractivity contribution in [1.29, 1.82) is 0 Å². The van der Waals surface area contributed by atoms with Gasteiger partial charge in [0.05, 0.1) is 12.2 Å². The van der Waals surface area contributed by atoms with Crippen LogP contribution in [0.2, 0.25) is 0 Å². The summed E-state index contributed by atoms with van der Waals surface area (Å²) in [5.41, 5.74) is 0.913. The number of rotatable bonds is 0. The van der Waals surface area contributed by atoms with Crippen molar-refractivity contribution in [2.45, 2.75) is 113 Å². The van der Waals surface area contributed by atoms with Gasteiger partial charge in [-0.25, -0.2) is 0 Å². The predicted octanol–water partition coefficient (Wildman–Crippen LogP) is 6.17. The van der Waals surface area contributed by atoms with E-state index in [1.165, 1.54) is 31.3 Å². The number of hydrogen-bond acceptors (Lipinski definition) is 3. The van der Waals surface area contributed by atoms with E-state index in [0.717, 1.165) is 12.8 Å². The average Bonchev–Trinajstić information content (AvgIpc) is 2.71. The molecule has 11 atom stereocenters. The molecule has 2 N–H and O–H groups in total. The zero-order valence-electron chi connectivity index (χ0n) is 22.4. The van der Waals surface area contributed by atoms with Gasteiger partial charge in [-0.15, -0.1) is 0 Å². The summed E-state index contributed by atoms with van der Waals surface area (Å²) >= 11 is 0. The molecule has 5 aliphatic rings. The standard InChI is InChI=1S/C30H48O3/c1-17-9-11-27(5)13-14-28(6)19(24(27)18(17)2)15-20(31)25-29(28,7)12-10-21-26(3,4)22(32)16-23(33)30(21,25)8/h15,17-18,20-21,23-25,31,33H,9-14,16H2,1-8H3/t17-,18+,20-,21+,23-,24+,25+,27-,28-,29-,30-/m1/s1. The van der Waals surface area contributed by atoms with Gasteiger partial charge in [-0.1, -0.05) is 67.0 Å². The molecular weight excluding hydrogens is 408 g/mol. The van der Waals surface area contributed by atoms with E-state index in [2.05, 4.69) is 61.5 Å². The highest BCUT2D eigenvalue weighted by Crippen LogP contribution is 2.75. The summed E-state index contributed by atoms with van der Waals surface area (Å²) < 4.78 is 0. The summed E-state index contributed by atoms with van der Waals surface area (Å²) in [4.78, 5) is 13.0. The van der Waals surface area contributed by atoms with Gasteiger partial charge in [-0.2, -0.15) is 0 Å². The molecule has 0 unspecified atom stereocenters. The minimum atomic E-state index is -0.677. The van der Waals surface area contributed by atoms with Gasteiger partial charge in [0.25, 0.3) is 0 Å². The second kappa shape index (κ2) is 6.96. The monoisotopic (exact) mass is 456 g/mol. The molecule has 4 saturated carbocycles. The van der Waals surface area contributed by atoms with Crippen LogP contribution in [0.15, 0.2) is 11.6 Å². The van der Waals surface area contributed by atoms with Gasteiger partial charge in [-0.3, -0.25) is 4.79 Å². The fraction of sp³-hybridized carbons (Fsp3) is 0.900. The third-order valence-corrected chi connectivity index (χ3v) is 13.2. The Hall–Kier alpha value is -0.670. The van der Waals surface area contributed by atoms with Gasteiger partial charge >= 0.3 is 0 Å². The van der Waals surface area contributed by atoms with Crippen LogP contribution in [0.3, 0.4) is 0 Å². The van der Waals surface area contributed by atoms with Crippen LogP contribution >= 0.6 is 0 Å². The molecule has 3 heteroatoms. The van der Waals surface area contributed by atoms with Gasteiger partial charge < -0.3 is 10.2 Å². The summed E-state index contributed by atoms with van der Waals surface area (Å²) in [5, 5.41) is 23.4. The van der Waals surface area contributed by atoms with Gasteiger partial charge in [0.15, 0.2) is 0 Å². The summed E-state index contributed by atoms with van der Waals surface area (Å²) in [7, 11) is 0. The molecule has 33 heavy (non-hydrogen) atoms. The maximum atomic E-state index is 13.0. The molecule has 4 fully saturated rings. The number of allylic oxidation sites excluding steroid dienone is 1. The van der Waals surface area contributed by atoms with Crippen molar-refractivity contribution in [3.63, 3.8) is 0 Å². The summed E-state index contributed by atoms with van der Waals surface area (Å²) in [6.07, 6.45) is 8.29. The number of aliphatic hydroxyl groups excluding tert-OH is 2. The number of fused-ring (bicyclic) bond motifs is 7. The highest BCUT2D eigenvalue weighted by atomic mass is 16.3. The molecule has 0 spiro atoms. The molecule has 5 rings (SSSR count). The minimum Gasteiger partial charge on any atom is -0.392 e. The lowest BCUT2D eigenvalue weighted by Crippen LogP contribution is -2.70. The first-order valence-corrected chi connectivity index (χ1v) is 13.8. The largest absolute Gasteiger partial charge is 0.392 e. The SMILES string of the molecule is C[C@H]1[C@H](C)CC[C@]2(C)CC[C@]3(C)C(=C[C@@H](O)[C@@H]4[C@@]5(C)[C@H](O)CC(=O)C(C)(C)[C@@H]5CC[C@]43C)[C@H]12. The van der Waals surface area contributed by atoms with Gasteiger partial charge in [-0.05, 0) is 78.4 Å². The van der Waals surface area contributed by atoms with Crippen molar-refractivity contribution in [2.75, 3.05) is 0 Å². The van der Waals surface area contributed by atoms with Crippen molar-refractivity contribution in [3.8, 4) is 0 Å². The normalized spacial score (nSPS) is 57.8. The number of hydrogen-bond donors (Lipinski definition) is 2. The van der Waals surface area contributed by atoms with E-state index in [1.807, 2.05) is 0 Å². The number of ketones is 1. The number of carbonyl (C=O) groups is 1. The lowest BCUT2D eigenvalue weighted by atomic mass is 9.32. The van der Waals surface area contributed by atoms with E-state index in [4.69, 9.17) is 0 Å². The molecule has 0 aliphatic heterocycles. The van der Waals surface area contributed by atoms with Gasteiger partial charge in [0.1, 0.15) is 5.78 Å². The molecule has 0 aromatic rings. The Morgan fingerprint density at radius 1 is 0.909 bits per heavy atom. The van der Waals surface area contributed by atoms with E-state index in [-0.39, 0.29) is 34.9 Å². The topological polar surface area (TPSA) is 57.5 Å². The Morgan fingerprint density at radius 2 is 1.58 bits per heavy atom. The Balaban J connectivity index is 1.67. The van der Waals surface area contributed by atoms with Crippen LogP contribution in [0.1, 0.15) is 100 Å². The van der Waals surface area contributed by atoms with E-state index < -0.39 is 23.0 Å². The van der Waals surface area contributed by atoms with E-state index in [1.54, 1.807) is 0 Å². The van der Waals surface area contributed by atoms with Crippen molar-refractivity contribution < 1.29 is 15.0 Å². The first-order valence-electron chi connectivity index (χ1n) is 13.8. The van der Waals surface area contributed by atoms with Crippen molar-refractivity contribution in [3.05, 3.63) is 11.6 Å². The van der Waals surface area contributed by atoms with Crippen LogP contribution in [0, 0.1) is 56.7 Å².